The van der Waals surface area contributed by atoms with E-state index in [4.69, 9.17) is 4.74 Å². The second kappa shape index (κ2) is 11.0. The van der Waals surface area contributed by atoms with E-state index in [-0.39, 0.29) is 17.7 Å². The number of hydrogen-bond donors (Lipinski definition) is 3. The van der Waals surface area contributed by atoms with Crippen LogP contribution in [0.3, 0.4) is 0 Å². The molecule has 4 rings (SSSR count). The summed E-state index contributed by atoms with van der Waals surface area (Å²) in [7, 11) is 0. The van der Waals surface area contributed by atoms with Crippen LogP contribution in [0.2, 0.25) is 0 Å². The molecule has 35 heavy (non-hydrogen) atoms. The van der Waals surface area contributed by atoms with Gasteiger partial charge in [0.25, 0.3) is 5.91 Å². The number of carbonyl (C=O) groups excluding carboxylic acids is 2. The molecule has 3 N–H and O–H groups in total. The summed E-state index contributed by atoms with van der Waals surface area (Å²) in [6, 6.07) is 8.90. The Morgan fingerprint density at radius 3 is 2.49 bits per heavy atom. The highest BCUT2D eigenvalue weighted by Gasteiger charge is 2.33. The Morgan fingerprint density at radius 2 is 1.77 bits per heavy atom. The van der Waals surface area contributed by atoms with Crippen molar-refractivity contribution in [1.29, 1.82) is 0 Å². The van der Waals surface area contributed by atoms with E-state index in [9.17, 15) is 22.8 Å². The molecule has 0 spiro atoms. The van der Waals surface area contributed by atoms with Gasteiger partial charge >= 0.3 is 12.2 Å². The number of hydrogen-bond acceptors (Lipinski definition) is 4. The fourth-order valence-corrected chi connectivity index (χ4v) is 4.44. The van der Waals surface area contributed by atoms with Crippen LogP contribution in [-0.4, -0.2) is 44.3 Å². The number of nitrogens with one attached hydrogen (secondary N) is 3. The summed E-state index contributed by atoms with van der Waals surface area (Å²) >= 11 is 0. The maximum atomic E-state index is 13.2. The Labute approximate surface area is 202 Å². The monoisotopic (exact) mass is 490 g/mol. The van der Waals surface area contributed by atoms with E-state index in [1.165, 1.54) is 18.2 Å². The minimum atomic E-state index is -4.60. The molecule has 2 fully saturated rings. The molecule has 3 amide bonds. The van der Waals surface area contributed by atoms with E-state index in [0.717, 1.165) is 56.9 Å². The topological polar surface area (TPSA) is 82.7 Å². The van der Waals surface area contributed by atoms with Crippen LogP contribution in [0.25, 0.3) is 0 Å². The second-order valence-corrected chi connectivity index (χ2v) is 8.75. The zero-order valence-corrected chi connectivity index (χ0v) is 19.3. The average molecular weight is 491 g/mol. The van der Waals surface area contributed by atoms with Gasteiger partial charge in [0, 0.05) is 37.6 Å². The van der Waals surface area contributed by atoms with Gasteiger partial charge in [-0.3, -0.25) is 4.79 Å². The summed E-state index contributed by atoms with van der Waals surface area (Å²) in [6.45, 7) is 2.73. The minimum Gasteiger partial charge on any atom is -0.376 e. The number of nitrogens with zero attached hydrogens (tertiary/aromatic N) is 1. The molecule has 10 heteroatoms. The van der Waals surface area contributed by atoms with Crippen LogP contribution >= 0.6 is 0 Å². The Hall–Kier alpha value is -3.27. The summed E-state index contributed by atoms with van der Waals surface area (Å²) in [5, 5.41) is 7.73. The molecular weight excluding hydrogens is 461 g/mol. The molecule has 1 unspecified atom stereocenters. The Bertz CT molecular complexity index is 1050. The number of halogens is 3. The minimum absolute atomic E-state index is 0.0156. The van der Waals surface area contributed by atoms with Crippen LogP contribution in [0.15, 0.2) is 42.5 Å². The standard InChI is InChI=1S/C25H29F3N4O3/c26-25(27,28)20-8-2-3-9-21(20)31-24(34)30-17-10-11-22(32-12-4-1-5-13-32)19(15-17)23(33)29-16-18-7-6-14-35-18/h2-3,8-11,15,18H,1,4-7,12-14,16H2,(H,29,33)(H2,30,31,34). The van der Waals surface area contributed by atoms with Gasteiger partial charge in [-0.2, -0.15) is 13.2 Å². The quantitative estimate of drug-likeness (QED) is 0.517. The number of anilines is 3. The van der Waals surface area contributed by atoms with Crippen LogP contribution < -0.4 is 20.9 Å². The van der Waals surface area contributed by atoms with Gasteiger partial charge in [0.15, 0.2) is 0 Å². The first-order chi connectivity index (χ1) is 16.8. The number of urea groups is 1. The van der Waals surface area contributed by atoms with Gasteiger partial charge in [0.2, 0.25) is 0 Å². The van der Waals surface area contributed by atoms with Gasteiger partial charge in [0.05, 0.1) is 22.9 Å². The highest BCUT2D eigenvalue weighted by Crippen LogP contribution is 2.34. The zero-order valence-electron chi connectivity index (χ0n) is 19.3. The molecule has 2 aliphatic rings. The highest BCUT2D eigenvalue weighted by atomic mass is 19.4. The zero-order chi connectivity index (χ0) is 24.8. The van der Waals surface area contributed by atoms with Gasteiger partial charge < -0.3 is 25.6 Å². The molecule has 2 aliphatic heterocycles. The van der Waals surface area contributed by atoms with Crippen LogP contribution in [0.1, 0.15) is 48.0 Å². The second-order valence-electron chi connectivity index (χ2n) is 8.75. The van der Waals surface area contributed by atoms with Crippen molar-refractivity contribution in [3.05, 3.63) is 53.6 Å². The molecule has 2 aromatic carbocycles. The van der Waals surface area contributed by atoms with Crippen LogP contribution in [0.4, 0.5) is 35.0 Å². The molecule has 188 valence electrons. The first-order valence-electron chi connectivity index (χ1n) is 11.8. The van der Waals surface area contributed by atoms with E-state index in [0.29, 0.717) is 24.4 Å². The summed E-state index contributed by atoms with van der Waals surface area (Å²) in [5.41, 5.74) is 0.179. The van der Waals surface area contributed by atoms with Crippen molar-refractivity contribution in [2.45, 2.75) is 44.4 Å². The lowest BCUT2D eigenvalue weighted by molar-refractivity contribution is -0.136. The van der Waals surface area contributed by atoms with Crippen molar-refractivity contribution in [3.63, 3.8) is 0 Å². The maximum Gasteiger partial charge on any atom is 0.418 e. The third kappa shape index (κ3) is 6.45. The molecule has 0 radical (unpaired) electrons. The first kappa shape index (κ1) is 24.8. The van der Waals surface area contributed by atoms with Gasteiger partial charge in [-0.25, -0.2) is 4.79 Å². The van der Waals surface area contributed by atoms with Crippen molar-refractivity contribution in [2.75, 3.05) is 41.8 Å². The fraction of sp³-hybridized carbons (Fsp3) is 0.440. The Kier molecular flexibility index (Phi) is 7.80. The van der Waals surface area contributed by atoms with Gasteiger partial charge in [-0.05, 0) is 62.4 Å². The normalized spacial score (nSPS) is 18.3. The van der Waals surface area contributed by atoms with Crippen molar-refractivity contribution in [3.8, 4) is 0 Å². The SMILES string of the molecule is O=C(Nc1ccc(N2CCCCC2)c(C(=O)NCC2CCCO2)c1)Nc1ccccc1C(F)(F)F. The number of amides is 3. The lowest BCUT2D eigenvalue weighted by Crippen LogP contribution is -2.35. The summed E-state index contributed by atoms with van der Waals surface area (Å²) in [5.74, 6) is -0.285. The fourth-order valence-electron chi connectivity index (χ4n) is 4.44. The molecule has 0 aliphatic carbocycles. The summed E-state index contributed by atoms with van der Waals surface area (Å²) in [4.78, 5) is 27.8. The smallest absolute Gasteiger partial charge is 0.376 e. The molecule has 7 nitrogen and oxygen atoms in total. The molecule has 1 atom stereocenters. The lowest BCUT2D eigenvalue weighted by Gasteiger charge is -2.30. The van der Waals surface area contributed by atoms with Gasteiger partial charge in [-0.15, -0.1) is 0 Å². The molecule has 2 heterocycles. The predicted molar refractivity (Wildman–Crippen MR) is 128 cm³/mol. The van der Waals surface area contributed by atoms with Crippen LogP contribution in [0, 0.1) is 0 Å². The van der Waals surface area contributed by atoms with E-state index in [2.05, 4.69) is 20.9 Å². The van der Waals surface area contributed by atoms with Crippen molar-refractivity contribution < 1.29 is 27.5 Å². The van der Waals surface area contributed by atoms with Crippen LogP contribution in [-0.2, 0) is 10.9 Å². The molecule has 0 saturated carbocycles. The Balaban J connectivity index is 1.51. The maximum absolute atomic E-state index is 13.2. The molecule has 2 saturated heterocycles. The molecular formula is C25H29F3N4O3. The third-order valence-electron chi connectivity index (χ3n) is 6.19. The number of ether oxygens (including phenoxy) is 1. The lowest BCUT2D eigenvalue weighted by atomic mass is 10.1. The third-order valence-corrected chi connectivity index (χ3v) is 6.19. The van der Waals surface area contributed by atoms with Crippen molar-refractivity contribution in [2.24, 2.45) is 0 Å². The van der Waals surface area contributed by atoms with Crippen LogP contribution in [0.5, 0.6) is 0 Å². The van der Waals surface area contributed by atoms with Gasteiger partial charge in [0.1, 0.15) is 0 Å². The van der Waals surface area contributed by atoms with E-state index < -0.39 is 17.8 Å². The van der Waals surface area contributed by atoms with Crippen molar-refractivity contribution in [1.82, 2.24) is 5.32 Å². The van der Waals surface area contributed by atoms with E-state index in [1.807, 2.05) is 0 Å². The summed E-state index contributed by atoms with van der Waals surface area (Å²) < 4.78 is 45.3. The van der Waals surface area contributed by atoms with Crippen molar-refractivity contribution >= 4 is 29.0 Å². The predicted octanol–water partition coefficient (Wildman–Crippen LogP) is 5.25. The van der Waals surface area contributed by atoms with E-state index >= 15 is 0 Å². The first-order valence-corrected chi connectivity index (χ1v) is 11.8. The van der Waals surface area contributed by atoms with E-state index in [1.54, 1.807) is 18.2 Å². The summed E-state index contributed by atoms with van der Waals surface area (Å²) in [6.07, 6.45) is 0.421. The molecule has 2 aromatic rings. The highest BCUT2D eigenvalue weighted by molar-refractivity contribution is 6.04. The number of carbonyl (C=O) groups is 2. The number of benzene rings is 2. The number of alkyl halides is 3. The average Bonchev–Trinajstić information content (AvgIpc) is 3.36. The number of para-hydroxylation sites is 1. The number of piperidine rings is 1. The number of rotatable bonds is 6. The molecule has 0 aromatic heterocycles. The molecule has 0 bridgehead atoms. The Morgan fingerprint density at radius 1 is 1.00 bits per heavy atom. The largest absolute Gasteiger partial charge is 0.418 e. The van der Waals surface area contributed by atoms with Gasteiger partial charge in [-0.1, -0.05) is 12.1 Å².